The molecule has 0 saturated heterocycles. The van der Waals surface area contributed by atoms with Gasteiger partial charge in [0.15, 0.2) is 0 Å². The van der Waals surface area contributed by atoms with Crippen LogP contribution >= 0.6 is 0 Å². The van der Waals surface area contributed by atoms with Crippen LogP contribution in [0, 0.1) is 0 Å². The zero-order valence-electron chi connectivity index (χ0n) is 3.72. The minimum atomic E-state index is -1.69. The zero-order chi connectivity index (χ0) is 5.98. The van der Waals surface area contributed by atoms with Crippen molar-refractivity contribution in [3.63, 3.8) is 0 Å². The van der Waals surface area contributed by atoms with E-state index in [0.717, 1.165) is 0 Å². The predicted octanol–water partition coefficient (Wildman–Crippen LogP) is -2.86. The second-order valence-corrected chi connectivity index (χ2v) is 1.09. The van der Waals surface area contributed by atoms with E-state index >= 15 is 0 Å². The summed E-state index contributed by atoms with van der Waals surface area (Å²) in [7, 11) is -1.69. The van der Waals surface area contributed by atoms with Crippen molar-refractivity contribution < 1.29 is 14.7 Å². The van der Waals surface area contributed by atoms with Crippen molar-refractivity contribution in [2.24, 2.45) is 0 Å². The first-order valence-corrected chi connectivity index (χ1v) is 1.82. The van der Waals surface area contributed by atoms with Crippen molar-refractivity contribution in [3.05, 3.63) is 0 Å². The highest BCUT2D eigenvalue weighted by atomic mass is 16.6. The fraction of sp³-hybridized carbons (Fsp3) is 0. The van der Waals surface area contributed by atoms with Crippen molar-refractivity contribution in [3.8, 4) is 0 Å². The highest BCUT2D eigenvalue weighted by molar-refractivity contribution is 6.56. The molecule has 0 aliphatic rings. The second-order valence-electron chi connectivity index (χ2n) is 1.09. The van der Waals surface area contributed by atoms with E-state index in [2.05, 4.69) is 20.2 Å². The Labute approximate surface area is 44.2 Å². The molecule has 0 spiro atoms. The Balaban J connectivity index is 2.77. The fourth-order valence-electron chi connectivity index (χ4n) is 0.237. The van der Waals surface area contributed by atoms with Gasteiger partial charge in [-0.25, -0.2) is 4.63 Å². The lowest BCUT2D eigenvalue weighted by Gasteiger charge is -1.80. The van der Waals surface area contributed by atoms with Crippen LogP contribution in [-0.2, 0) is 0 Å². The molecule has 1 rings (SSSR count). The Morgan fingerprint density at radius 1 is 1.50 bits per heavy atom. The van der Waals surface area contributed by atoms with Gasteiger partial charge in [-0.2, -0.15) is 0 Å². The molecule has 8 heavy (non-hydrogen) atoms. The Morgan fingerprint density at radius 2 is 2.25 bits per heavy atom. The molecule has 1 heterocycles. The van der Waals surface area contributed by atoms with E-state index in [9.17, 15) is 0 Å². The van der Waals surface area contributed by atoms with E-state index in [-0.39, 0.29) is 5.72 Å². The zero-order valence-corrected chi connectivity index (χ0v) is 3.72. The number of aromatic nitrogens is 3. The van der Waals surface area contributed by atoms with Gasteiger partial charge < -0.3 is 10.0 Å². The molecule has 7 heteroatoms. The van der Waals surface area contributed by atoms with Gasteiger partial charge in [-0.15, -0.1) is 0 Å². The summed E-state index contributed by atoms with van der Waals surface area (Å²) >= 11 is 0. The van der Waals surface area contributed by atoms with Crippen LogP contribution in [0.15, 0.2) is 4.63 Å². The number of hydrogen-bond donors (Lipinski definition) is 2. The molecular weight excluding hydrogens is 113 g/mol. The normalized spacial score (nSPS) is 9.25. The molecule has 1 aromatic rings. The lowest BCUT2D eigenvalue weighted by Crippen LogP contribution is -2.33. The van der Waals surface area contributed by atoms with Gasteiger partial charge in [0.25, 0.3) is 0 Å². The van der Waals surface area contributed by atoms with Gasteiger partial charge in [0.1, 0.15) is 0 Å². The summed E-state index contributed by atoms with van der Waals surface area (Å²) in [5.74, 6) is 0. The summed E-state index contributed by atoms with van der Waals surface area (Å²) in [5.41, 5.74) is -0.231. The molecule has 0 aliphatic carbocycles. The Morgan fingerprint density at radius 3 is 2.50 bits per heavy atom. The number of rotatable bonds is 1. The minimum absolute atomic E-state index is 0.231. The first-order valence-electron chi connectivity index (χ1n) is 1.82. The average Bonchev–Trinajstić information content (AvgIpc) is 2.12. The molecule has 0 fully saturated rings. The van der Waals surface area contributed by atoms with E-state index < -0.39 is 7.12 Å². The van der Waals surface area contributed by atoms with Crippen LogP contribution in [0.3, 0.4) is 0 Å². The third-order valence-electron chi connectivity index (χ3n) is 0.545. The van der Waals surface area contributed by atoms with Crippen molar-refractivity contribution in [2.75, 3.05) is 0 Å². The molecule has 42 valence electrons. The lowest BCUT2D eigenvalue weighted by molar-refractivity contribution is 0.293. The van der Waals surface area contributed by atoms with Gasteiger partial charge >= 0.3 is 7.12 Å². The second kappa shape index (κ2) is 1.89. The standard InChI is InChI=1S/CH2BN3O3/c6-2(7)1-3-5-8-4-1/h6-7H. The van der Waals surface area contributed by atoms with Gasteiger partial charge in [-0.05, 0) is 5.16 Å². The van der Waals surface area contributed by atoms with E-state index in [4.69, 9.17) is 10.0 Å². The number of hydrogen-bond acceptors (Lipinski definition) is 6. The fourth-order valence-corrected chi connectivity index (χ4v) is 0.237. The molecule has 0 saturated carbocycles. The summed E-state index contributed by atoms with van der Waals surface area (Å²) in [5, 5.41) is 25.5. The molecule has 1 aromatic heterocycles. The summed E-state index contributed by atoms with van der Waals surface area (Å²) in [6, 6.07) is 0. The van der Waals surface area contributed by atoms with Crippen LogP contribution in [-0.4, -0.2) is 32.7 Å². The molecule has 0 aliphatic heterocycles. The maximum atomic E-state index is 8.24. The quantitative estimate of drug-likeness (QED) is 0.382. The molecule has 0 bridgehead atoms. The van der Waals surface area contributed by atoms with Gasteiger partial charge in [0.05, 0.1) is 5.27 Å². The van der Waals surface area contributed by atoms with Crippen LogP contribution < -0.4 is 5.72 Å². The maximum Gasteiger partial charge on any atom is 0.535 e. The van der Waals surface area contributed by atoms with Crippen LogP contribution in [0.4, 0.5) is 0 Å². The van der Waals surface area contributed by atoms with Crippen LogP contribution in [0.2, 0.25) is 0 Å². The summed E-state index contributed by atoms with van der Waals surface area (Å²) in [4.78, 5) is 0. The van der Waals surface area contributed by atoms with Crippen molar-refractivity contribution in [2.45, 2.75) is 0 Å². The van der Waals surface area contributed by atoms with Crippen LogP contribution in [0.5, 0.6) is 0 Å². The highest BCUT2D eigenvalue weighted by Crippen LogP contribution is 1.63. The summed E-state index contributed by atoms with van der Waals surface area (Å²) in [6.45, 7) is 0. The molecular formula is CH2BN3O3. The van der Waals surface area contributed by atoms with E-state index in [0.29, 0.717) is 0 Å². The van der Waals surface area contributed by atoms with Crippen LogP contribution in [0.1, 0.15) is 0 Å². The van der Waals surface area contributed by atoms with Crippen molar-refractivity contribution in [1.29, 1.82) is 0 Å². The third-order valence-corrected chi connectivity index (χ3v) is 0.545. The molecule has 0 radical (unpaired) electrons. The monoisotopic (exact) mass is 115 g/mol. The molecule has 0 amide bonds. The minimum Gasteiger partial charge on any atom is -0.421 e. The Kier molecular flexibility index (Phi) is 1.23. The SMILES string of the molecule is OB(O)c1nnon1. The average molecular weight is 115 g/mol. The molecule has 0 aromatic carbocycles. The van der Waals surface area contributed by atoms with Crippen molar-refractivity contribution >= 4 is 12.8 Å². The Hall–Kier alpha value is -0.945. The molecule has 6 nitrogen and oxygen atoms in total. The molecule has 0 unspecified atom stereocenters. The topological polar surface area (TPSA) is 92.3 Å². The van der Waals surface area contributed by atoms with E-state index in [1.54, 1.807) is 0 Å². The first-order chi connectivity index (χ1) is 3.80. The smallest absolute Gasteiger partial charge is 0.421 e. The van der Waals surface area contributed by atoms with Gasteiger partial charge in [0, 0.05) is 0 Å². The molecule has 2 N–H and O–H groups in total. The molecule has 0 atom stereocenters. The number of nitrogens with zero attached hydrogens (tertiary/aromatic N) is 3. The maximum absolute atomic E-state index is 8.24. The van der Waals surface area contributed by atoms with E-state index in [1.807, 2.05) is 0 Å². The van der Waals surface area contributed by atoms with Gasteiger partial charge in [-0.1, -0.05) is 5.10 Å². The first kappa shape index (κ1) is 5.20. The van der Waals surface area contributed by atoms with Crippen LogP contribution in [0.25, 0.3) is 0 Å². The Bertz CT molecular complexity index is 150. The lowest BCUT2D eigenvalue weighted by atomic mass is 9.92. The van der Waals surface area contributed by atoms with Crippen molar-refractivity contribution in [1.82, 2.24) is 15.5 Å². The van der Waals surface area contributed by atoms with E-state index in [1.165, 1.54) is 0 Å². The highest BCUT2D eigenvalue weighted by Gasteiger charge is 2.16. The largest absolute Gasteiger partial charge is 0.535 e. The van der Waals surface area contributed by atoms with Gasteiger partial charge in [0.2, 0.25) is 5.72 Å². The summed E-state index contributed by atoms with van der Waals surface area (Å²) in [6.07, 6.45) is 0. The summed E-state index contributed by atoms with van der Waals surface area (Å²) < 4.78 is 3.94. The third kappa shape index (κ3) is 0.822. The van der Waals surface area contributed by atoms with Gasteiger partial charge in [-0.3, -0.25) is 0 Å². The predicted molar refractivity (Wildman–Crippen MR) is 21.9 cm³/mol.